The topological polar surface area (TPSA) is 65.9 Å². The summed E-state index contributed by atoms with van der Waals surface area (Å²) in [5.74, 6) is 1.39. The quantitative estimate of drug-likeness (QED) is 0.381. The van der Waals surface area contributed by atoms with Gasteiger partial charge < -0.3 is 19.6 Å². The van der Waals surface area contributed by atoms with Crippen LogP contribution < -0.4 is 9.64 Å². The van der Waals surface area contributed by atoms with Gasteiger partial charge in [-0.1, -0.05) is 12.8 Å². The molecule has 36 heavy (non-hydrogen) atoms. The molecule has 2 aliphatic rings. The number of benzene rings is 1. The first-order valence-corrected chi connectivity index (χ1v) is 14.6. The number of ether oxygens (including phenoxy) is 1. The number of likely N-dealkylation sites (tertiary alicyclic amines) is 1. The first-order chi connectivity index (χ1) is 17.4. The van der Waals surface area contributed by atoms with Crippen LogP contribution in [0.1, 0.15) is 63.4 Å². The second-order valence-corrected chi connectivity index (χ2v) is 12.4. The number of carbonyl (C=O) groups is 1. The van der Waals surface area contributed by atoms with Gasteiger partial charge in [0.15, 0.2) is 0 Å². The van der Waals surface area contributed by atoms with Gasteiger partial charge in [0.05, 0.1) is 30.9 Å². The van der Waals surface area contributed by atoms with Gasteiger partial charge in [-0.2, -0.15) is 11.8 Å². The van der Waals surface area contributed by atoms with Gasteiger partial charge in [0.2, 0.25) is 0 Å². The van der Waals surface area contributed by atoms with Gasteiger partial charge in [0.1, 0.15) is 5.75 Å². The van der Waals surface area contributed by atoms with E-state index in [4.69, 9.17) is 4.74 Å². The van der Waals surface area contributed by atoms with E-state index in [2.05, 4.69) is 46.7 Å². The average Bonchev–Trinajstić information content (AvgIpc) is 3.38. The maximum atomic E-state index is 11.8. The number of rotatable bonds is 12. The number of anilines is 1. The van der Waals surface area contributed by atoms with Gasteiger partial charge in [-0.3, -0.25) is 9.78 Å². The number of aromatic nitrogens is 1. The standard InChI is InChI=1S/C29H43N3O3S/c1-31(2)27-21-30-26-11-10-22(35-3)19-25(26)24(27)9-6-12-29(20-28(33)34)13-15-32(16-14-29)17-18-36-23-7-4-5-8-23/h10-11,19,21,23H,4-9,12-18,20H2,1-3H3,(H,33,34). The largest absolute Gasteiger partial charge is 0.497 e. The van der Waals surface area contributed by atoms with E-state index in [9.17, 15) is 9.90 Å². The Morgan fingerprint density at radius 3 is 2.67 bits per heavy atom. The van der Waals surface area contributed by atoms with Crippen molar-refractivity contribution in [2.75, 3.05) is 51.5 Å². The molecule has 0 bridgehead atoms. The molecule has 1 saturated heterocycles. The average molecular weight is 514 g/mol. The monoisotopic (exact) mass is 513 g/mol. The number of carboxylic acids is 1. The van der Waals surface area contributed by atoms with Gasteiger partial charge in [0.25, 0.3) is 0 Å². The SMILES string of the molecule is COc1ccc2ncc(N(C)C)c(CCCC3(CC(=O)O)CCN(CCSC4CCCC4)CC3)c2c1. The highest BCUT2D eigenvalue weighted by Crippen LogP contribution is 2.41. The van der Waals surface area contributed by atoms with Crippen LogP contribution in [0.15, 0.2) is 24.4 Å². The molecule has 6 nitrogen and oxygen atoms in total. The van der Waals surface area contributed by atoms with Crippen LogP contribution in [0.25, 0.3) is 10.9 Å². The predicted octanol–water partition coefficient (Wildman–Crippen LogP) is 5.86. The number of aliphatic carboxylic acids is 1. The molecule has 1 saturated carbocycles. The van der Waals surface area contributed by atoms with Crippen molar-refractivity contribution in [3.8, 4) is 5.75 Å². The highest BCUT2D eigenvalue weighted by molar-refractivity contribution is 7.99. The number of piperidine rings is 1. The Kier molecular flexibility index (Phi) is 9.40. The highest BCUT2D eigenvalue weighted by Gasteiger charge is 2.36. The van der Waals surface area contributed by atoms with Gasteiger partial charge in [0, 0.05) is 37.0 Å². The fraction of sp³-hybridized carbons (Fsp3) is 0.655. The van der Waals surface area contributed by atoms with Crippen molar-refractivity contribution in [1.29, 1.82) is 0 Å². The molecular weight excluding hydrogens is 470 g/mol. The minimum absolute atomic E-state index is 0.0975. The molecule has 2 fully saturated rings. The number of nitrogens with zero attached hydrogens (tertiary/aromatic N) is 3. The number of thioether (sulfide) groups is 1. The number of carboxylic acid groups (broad SMARTS) is 1. The predicted molar refractivity (Wildman–Crippen MR) is 151 cm³/mol. The Labute approximate surface area is 220 Å². The molecule has 198 valence electrons. The van der Waals surface area contributed by atoms with Crippen LogP contribution in [0, 0.1) is 5.41 Å². The Hall–Kier alpha value is -1.99. The van der Waals surface area contributed by atoms with Crippen LogP contribution in [-0.2, 0) is 11.2 Å². The lowest BCUT2D eigenvalue weighted by Gasteiger charge is -2.41. The van der Waals surface area contributed by atoms with Crippen molar-refractivity contribution in [2.24, 2.45) is 5.41 Å². The van der Waals surface area contributed by atoms with Crippen LogP contribution in [0.3, 0.4) is 0 Å². The van der Waals surface area contributed by atoms with E-state index in [1.165, 1.54) is 37.0 Å². The number of pyridine rings is 1. The van der Waals surface area contributed by atoms with E-state index >= 15 is 0 Å². The number of hydrogen-bond donors (Lipinski definition) is 1. The summed E-state index contributed by atoms with van der Waals surface area (Å²) in [5, 5.41) is 11.7. The summed E-state index contributed by atoms with van der Waals surface area (Å²) in [6.45, 7) is 3.19. The maximum absolute atomic E-state index is 11.8. The van der Waals surface area contributed by atoms with Crippen LogP contribution in [0.2, 0.25) is 0 Å². The molecule has 0 spiro atoms. The Bertz CT molecular complexity index is 1010. The molecule has 1 N–H and O–H groups in total. The zero-order valence-corrected chi connectivity index (χ0v) is 23.1. The summed E-state index contributed by atoms with van der Waals surface area (Å²) in [5.41, 5.74) is 3.27. The summed E-state index contributed by atoms with van der Waals surface area (Å²) in [6, 6.07) is 6.06. The molecule has 4 rings (SSSR count). The van der Waals surface area contributed by atoms with E-state index < -0.39 is 5.97 Å². The van der Waals surface area contributed by atoms with Gasteiger partial charge in [-0.05, 0) is 87.2 Å². The zero-order chi connectivity index (χ0) is 25.5. The van der Waals surface area contributed by atoms with Crippen LogP contribution >= 0.6 is 11.8 Å². The van der Waals surface area contributed by atoms with Crippen molar-refractivity contribution in [2.45, 2.75) is 69.5 Å². The molecule has 0 amide bonds. The fourth-order valence-electron chi connectivity index (χ4n) is 6.12. The lowest BCUT2D eigenvalue weighted by Crippen LogP contribution is -2.42. The van der Waals surface area contributed by atoms with Gasteiger partial charge in [-0.25, -0.2) is 0 Å². The number of hydrogen-bond acceptors (Lipinski definition) is 6. The molecule has 7 heteroatoms. The number of fused-ring (bicyclic) bond motifs is 1. The third-order valence-electron chi connectivity index (χ3n) is 8.29. The van der Waals surface area contributed by atoms with Crippen LogP contribution in [-0.4, -0.2) is 72.8 Å². The minimum Gasteiger partial charge on any atom is -0.497 e. The van der Waals surface area contributed by atoms with E-state index in [0.717, 1.165) is 79.3 Å². The Morgan fingerprint density at radius 1 is 1.25 bits per heavy atom. The van der Waals surface area contributed by atoms with Crippen molar-refractivity contribution >= 4 is 34.3 Å². The molecular formula is C29H43N3O3S. The van der Waals surface area contributed by atoms with Crippen molar-refractivity contribution in [3.63, 3.8) is 0 Å². The molecule has 2 heterocycles. The fourth-order valence-corrected chi connectivity index (χ4v) is 7.49. The third-order valence-corrected chi connectivity index (χ3v) is 9.65. The lowest BCUT2D eigenvalue weighted by molar-refractivity contribution is -0.140. The molecule has 0 radical (unpaired) electrons. The van der Waals surface area contributed by atoms with Crippen LogP contribution in [0.5, 0.6) is 5.75 Å². The highest BCUT2D eigenvalue weighted by atomic mass is 32.2. The Balaban J connectivity index is 1.39. The number of aryl methyl sites for hydroxylation is 1. The molecule has 1 aliphatic carbocycles. The molecule has 0 unspecified atom stereocenters. The summed E-state index contributed by atoms with van der Waals surface area (Å²) in [4.78, 5) is 21.2. The molecule has 0 atom stereocenters. The van der Waals surface area contributed by atoms with Gasteiger partial charge >= 0.3 is 5.97 Å². The summed E-state index contributed by atoms with van der Waals surface area (Å²) >= 11 is 2.15. The van der Waals surface area contributed by atoms with Crippen molar-refractivity contribution in [3.05, 3.63) is 30.0 Å². The second kappa shape index (κ2) is 12.5. The summed E-state index contributed by atoms with van der Waals surface area (Å²) < 4.78 is 5.49. The van der Waals surface area contributed by atoms with Crippen molar-refractivity contribution < 1.29 is 14.6 Å². The van der Waals surface area contributed by atoms with Gasteiger partial charge in [-0.15, -0.1) is 0 Å². The summed E-state index contributed by atoms with van der Waals surface area (Å²) in [7, 11) is 5.80. The normalized spacial score (nSPS) is 18.5. The summed E-state index contributed by atoms with van der Waals surface area (Å²) in [6.07, 6.45) is 12.6. The van der Waals surface area contributed by atoms with Crippen LogP contribution in [0.4, 0.5) is 5.69 Å². The first kappa shape index (κ1) is 27.1. The van der Waals surface area contributed by atoms with E-state index in [0.29, 0.717) is 0 Å². The minimum atomic E-state index is -0.659. The molecule has 1 aromatic carbocycles. The molecule has 1 aliphatic heterocycles. The number of methoxy groups -OCH3 is 1. The smallest absolute Gasteiger partial charge is 0.303 e. The lowest BCUT2D eigenvalue weighted by atomic mass is 9.72. The van der Waals surface area contributed by atoms with E-state index in [1.807, 2.05) is 18.3 Å². The first-order valence-electron chi connectivity index (χ1n) is 13.6. The van der Waals surface area contributed by atoms with Crippen molar-refractivity contribution in [1.82, 2.24) is 9.88 Å². The van der Waals surface area contributed by atoms with E-state index in [1.54, 1.807) is 7.11 Å². The third kappa shape index (κ3) is 6.86. The molecule has 1 aromatic heterocycles. The zero-order valence-electron chi connectivity index (χ0n) is 22.3. The maximum Gasteiger partial charge on any atom is 0.303 e. The molecule has 2 aromatic rings. The Morgan fingerprint density at radius 2 is 2.00 bits per heavy atom. The van der Waals surface area contributed by atoms with E-state index in [-0.39, 0.29) is 11.8 Å². The second-order valence-electron chi connectivity index (χ2n) is 10.9.